The Morgan fingerprint density at radius 2 is 2.17 bits per heavy atom. The van der Waals surface area contributed by atoms with Gasteiger partial charge in [-0.3, -0.25) is 9.69 Å². The van der Waals surface area contributed by atoms with Crippen LogP contribution in [0.2, 0.25) is 0 Å². The highest BCUT2D eigenvalue weighted by Gasteiger charge is 2.35. The molecule has 0 bridgehead atoms. The number of rotatable bonds is 4. The number of thiophene rings is 1. The van der Waals surface area contributed by atoms with Gasteiger partial charge in [-0.1, -0.05) is 6.07 Å². The number of furan rings is 1. The van der Waals surface area contributed by atoms with Crippen molar-refractivity contribution in [1.29, 1.82) is 0 Å². The van der Waals surface area contributed by atoms with Crippen molar-refractivity contribution in [3.8, 4) is 0 Å². The second-order valence-electron chi connectivity index (χ2n) is 5.89. The molecular weight excluding hydrogens is 326 g/mol. The minimum absolute atomic E-state index is 0.0249. The van der Waals surface area contributed by atoms with Crippen LogP contribution in [0.25, 0.3) is 0 Å². The lowest BCUT2D eigenvalue weighted by atomic mass is 10.1. The van der Waals surface area contributed by atoms with Crippen LogP contribution in [0.15, 0.2) is 45.4 Å². The number of hydrogen-bond acceptors (Lipinski definition) is 6. The Morgan fingerprint density at radius 3 is 2.88 bits per heavy atom. The first-order valence-electron chi connectivity index (χ1n) is 8.08. The van der Waals surface area contributed by atoms with Crippen LogP contribution >= 0.6 is 11.3 Å². The first kappa shape index (κ1) is 15.6. The van der Waals surface area contributed by atoms with Crippen LogP contribution in [0.1, 0.15) is 23.1 Å². The maximum absolute atomic E-state index is 12.8. The van der Waals surface area contributed by atoms with Gasteiger partial charge in [0.05, 0.1) is 32.1 Å². The minimum Gasteiger partial charge on any atom is -0.463 e. The summed E-state index contributed by atoms with van der Waals surface area (Å²) in [6, 6.07) is 7.76. The normalized spacial score (nSPS) is 21.9. The van der Waals surface area contributed by atoms with Gasteiger partial charge in [-0.25, -0.2) is 5.01 Å². The van der Waals surface area contributed by atoms with Crippen molar-refractivity contribution in [1.82, 2.24) is 9.91 Å². The molecule has 4 heterocycles. The molecule has 1 saturated heterocycles. The molecular formula is C17H19N3O3S. The zero-order valence-electron chi connectivity index (χ0n) is 13.3. The van der Waals surface area contributed by atoms with Crippen LogP contribution in [0, 0.1) is 0 Å². The third kappa shape index (κ3) is 3.15. The molecule has 126 valence electrons. The highest BCUT2D eigenvalue weighted by Crippen LogP contribution is 2.35. The molecule has 6 nitrogen and oxygen atoms in total. The fourth-order valence-electron chi connectivity index (χ4n) is 3.06. The predicted octanol–water partition coefficient (Wildman–Crippen LogP) is 2.35. The third-order valence-corrected chi connectivity index (χ3v) is 5.28. The molecule has 2 aliphatic rings. The number of hydrogen-bond donors (Lipinski definition) is 0. The molecule has 0 saturated carbocycles. The van der Waals surface area contributed by atoms with Crippen molar-refractivity contribution >= 4 is 23.0 Å². The lowest BCUT2D eigenvalue weighted by Gasteiger charge is -2.28. The van der Waals surface area contributed by atoms with Crippen molar-refractivity contribution in [2.75, 3.05) is 32.8 Å². The molecule has 7 heteroatoms. The molecule has 0 N–H and O–H groups in total. The average molecular weight is 345 g/mol. The average Bonchev–Trinajstić information content (AvgIpc) is 3.35. The zero-order valence-corrected chi connectivity index (χ0v) is 14.1. The van der Waals surface area contributed by atoms with Gasteiger partial charge in [0.2, 0.25) is 0 Å². The Bertz CT molecular complexity index is 706. The fourth-order valence-corrected chi connectivity index (χ4v) is 3.87. The molecule has 1 fully saturated rings. The SMILES string of the molecule is O=C(CN1CCOCC1)N1N=C(c2ccco2)C[C@@H]1c1cccs1. The second kappa shape index (κ2) is 6.88. The molecule has 0 spiro atoms. The van der Waals surface area contributed by atoms with Crippen LogP contribution in [0.5, 0.6) is 0 Å². The van der Waals surface area contributed by atoms with Crippen molar-refractivity contribution in [3.05, 3.63) is 46.5 Å². The lowest BCUT2D eigenvalue weighted by molar-refractivity contribution is -0.135. The smallest absolute Gasteiger partial charge is 0.257 e. The molecule has 24 heavy (non-hydrogen) atoms. The van der Waals surface area contributed by atoms with Crippen LogP contribution in [-0.4, -0.2) is 54.4 Å². The predicted molar refractivity (Wildman–Crippen MR) is 91.0 cm³/mol. The molecule has 1 atom stereocenters. The van der Waals surface area contributed by atoms with Crippen molar-refractivity contribution in [2.45, 2.75) is 12.5 Å². The Morgan fingerprint density at radius 1 is 1.29 bits per heavy atom. The number of hydrazone groups is 1. The van der Waals surface area contributed by atoms with Gasteiger partial charge in [-0.15, -0.1) is 11.3 Å². The van der Waals surface area contributed by atoms with E-state index >= 15 is 0 Å². The quantitative estimate of drug-likeness (QED) is 0.853. The summed E-state index contributed by atoms with van der Waals surface area (Å²) in [5, 5.41) is 8.26. The van der Waals surface area contributed by atoms with Gasteiger partial charge >= 0.3 is 0 Å². The zero-order chi connectivity index (χ0) is 16.4. The maximum atomic E-state index is 12.8. The topological polar surface area (TPSA) is 58.3 Å². The largest absolute Gasteiger partial charge is 0.463 e. The number of ether oxygens (including phenoxy) is 1. The summed E-state index contributed by atoms with van der Waals surface area (Å²) in [6.07, 6.45) is 2.32. The van der Waals surface area contributed by atoms with Crippen LogP contribution < -0.4 is 0 Å². The van der Waals surface area contributed by atoms with E-state index in [-0.39, 0.29) is 11.9 Å². The third-order valence-electron chi connectivity index (χ3n) is 4.31. The van der Waals surface area contributed by atoms with E-state index in [4.69, 9.17) is 9.15 Å². The van der Waals surface area contributed by atoms with E-state index in [2.05, 4.69) is 16.1 Å². The number of nitrogens with zero attached hydrogens (tertiary/aromatic N) is 3. The van der Waals surface area contributed by atoms with Gasteiger partial charge in [0.25, 0.3) is 5.91 Å². The van der Waals surface area contributed by atoms with Crippen LogP contribution in [-0.2, 0) is 9.53 Å². The summed E-state index contributed by atoms with van der Waals surface area (Å²) in [7, 11) is 0. The number of carbonyl (C=O) groups is 1. The summed E-state index contributed by atoms with van der Waals surface area (Å²) < 4.78 is 10.8. The highest BCUT2D eigenvalue weighted by molar-refractivity contribution is 7.10. The Labute approximate surface area is 144 Å². The van der Waals surface area contributed by atoms with Gasteiger partial charge in [-0.05, 0) is 23.6 Å². The van der Waals surface area contributed by atoms with Crippen molar-refractivity contribution < 1.29 is 13.9 Å². The Hall–Kier alpha value is -1.96. The summed E-state index contributed by atoms with van der Waals surface area (Å²) in [5.41, 5.74) is 0.828. The standard InChI is InChI=1S/C17H19N3O3S/c21-17(12-19-5-8-22-9-6-19)20-14(16-4-2-10-24-16)11-13(18-20)15-3-1-7-23-15/h1-4,7,10,14H,5-6,8-9,11-12H2/t14-/m1/s1. The number of carbonyl (C=O) groups excluding carboxylic acids is 1. The number of amides is 1. The molecule has 0 unspecified atom stereocenters. The minimum atomic E-state index is -0.0429. The maximum Gasteiger partial charge on any atom is 0.257 e. The van der Waals surface area contributed by atoms with E-state index in [0.29, 0.717) is 26.2 Å². The molecule has 2 aromatic heterocycles. The van der Waals surface area contributed by atoms with Gasteiger partial charge < -0.3 is 9.15 Å². The monoisotopic (exact) mass is 345 g/mol. The van der Waals surface area contributed by atoms with Crippen molar-refractivity contribution in [3.63, 3.8) is 0 Å². The lowest BCUT2D eigenvalue weighted by Crippen LogP contribution is -2.43. The summed E-state index contributed by atoms with van der Waals surface area (Å²) in [6.45, 7) is 3.32. The Balaban J connectivity index is 1.55. The summed E-state index contributed by atoms with van der Waals surface area (Å²) in [4.78, 5) is 16.1. The van der Waals surface area contributed by atoms with E-state index < -0.39 is 0 Å². The van der Waals surface area contributed by atoms with Crippen LogP contribution in [0.3, 0.4) is 0 Å². The van der Waals surface area contributed by atoms with Gasteiger partial charge in [0, 0.05) is 24.4 Å². The molecule has 2 aliphatic heterocycles. The molecule has 4 rings (SSSR count). The summed E-state index contributed by atoms with van der Waals surface area (Å²) >= 11 is 1.66. The van der Waals surface area contributed by atoms with Gasteiger partial charge in [0.1, 0.15) is 11.5 Å². The molecule has 0 aromatic carbocycles. The van der Waals surface area contributed by atoms with E-state index in [1.165, 1.54) is 0 Å². The van der Waals surface area contributed by atoms with E-state index in [1.807, 2.05) is 23.6 Å². The first-order chi connectivity index (χ1) is 11.8. The van der Waals surface area contributed by atoms with Gasteiger partial charge in [0.15, 0.2) is 0 Å². The molecule has 1 amide bonds. The first-order valence-corrected chi connectivity index (χ1v) is 8.96. The highest BCUT2D eigenvalue weighted by atomic mass is 32.1. The fraction of sp³-hybridized carbons (Fsp3) is 0.412. The summed E-state index contributed by atoms with van der Waals surface area (Å²) in [5.74, 6) is 0.759. The Kier molecular flexibility index (Phi) is 4.46. The second-order valence-corrected chi connectivity index (χ2v) is 6.87. The van der Waals surface area contributed by atoms with E-state index in [1.54, 1.807) is 22.6 Å². The van der Waals surface area contributed by atoms with E-state index in [0.717, 1.165) is 29.4 Å². The molecule has 2 aromatic rings. The van der Waals surface area contributed by atoms with Gasteiger partial charge in [-0.2, -0.15) is 5.10 Å². The van der Waals surface area contributed by atoms with E-state index in [9.17, 15) is 4.79 Å². The van der Waals surface area contributed by atoms with Crippen LogP contribution in [0.4, 0.5) is 0 Å². The number of morpholine rings is 1. The van der Waals surface area contributed by atoms with Crippen molar-refractivity contribution in [2.24, 2.45) is 5.10 Å². The molecule has 0 aliphatic carbocycles. The molecule has 0 radical (unpaired) electrons.